The van der Waals surface area contributed by atoms with Crippen molar-refractivity contribution >= 4 is 17.5 Å². The highest BCUT2D eigenvalue weighted by Gasteiger charge is 2.29. The van der Waals surface area contributed by atoms with E-state index in [4.69, 9.17) is 11.6 Å². The number of hydrogen-bond donors (Lipinski definition) is 1. The third kappa shape index (κ3) is 3.97. The number of nitrogens with zero attached hydrogens (tertiary/aromatic N) is 2. The molecule has 6 heteroatoms. The van der Waals surface area contributed by atoms with Crippen molar-refractivity contribution in [3.05, 3.63) is 34.6 Å². The summed E-state index contributed by atoms with van der Waals surface area (Å²) in [6, 6.07) is 4.05. The predicted octanol–water partition coefficient (Wildman–Crippen LogP) is 2.25. The Hall–Kier alpha value is -1.17. The molecule has 1 saturated heterocycles. The molecule has 4 nitrogen and oxygen atoms in total. The lowest BCUT2D eigenvalue weighted by molar-refractivity contribution is 0.0689. The molecule has 1 heterocycles. The first-order valence-electron chi connectivity index (χ1n) is 7.44. The quantitative estimate of drug-likeness (QED) is 0.925. The lowest BCUT2D eigenvalue weighted by Crippen LogP contribution is -2.42. The molecule has 1 aliphatic heterocycles. The smallest absolute Gasteiger partial charge is 0.255 e. The van der Waals surface area contributed by atoms with E-state index in [1.54, 1.807) is 4.90 Å². The van der Waals surface area contributed by atoms with E-state index in [9.17, 15) is 14.3 Å². The number of likely N-dealkylation sites (tertiary alicyclic amines) is 1. The molecule has 2 rings (SSSR count). The number of halogens is 2. The van der Waals surface area contributed by atoms with Crippen LogP contribution >= 0.6 is 11.6 Å². The number of aliphatic hydroxyl groups is 1. The Kier molecular flexibility index (Phi) is 5.78. The average Bonchev–Trinajstić information content (AvgIpc) is 2.69. The van der Waals surface area contributed by atoms with Crippen molar-refractivity contribution < 1.29 is 14.3 Å². The number of aliphatic hydroxyl groups excluding tert-OH is 1. The van der Waals surface area contributed by atoms with Gasteiger partial charge in [-0.3, -0.25) is 4.79 Å². The molecule has 1 aromatic rings. The second kappa shape index (κ2) is 7.40. The van der Waals surface area contributed by atoms with Gasteiger partial charge in [-0.1, -0.05) is 11.6 Å². The minimum absolute atomic E-state index is 0.0566. The van der Waals surface area contributed by atoms with E-state index in [0.717, 1.165) is 18.9 Å². The number of amides is 1. The summed E-state index contributed by atoms with van der Waals surface area (Å²) in [6.45, 7) is 1.13. The standard InChI is InChI=1S/C16H22ClFN2O2/c1-19(2)13-5-3-11(10-21)8-20(9-13)16(22)14-6-4-12(18)7-15(14)17/h4,6-7,11,13,21H,3,5,8-10H2,1-2H3/t11-,13+/m0/s1. The Bertz CT molecular complexity index is 539. The van der Waals surface area contributed by atoms with Crippen molar-refractivity contribution in [1.82, 2.24) is 9.80 Å². The molecule has 122 valence electrons. The highest BCUT2D eigenvalue weighted by molar-refractivity contribution is 6.33. The Morgan fingerprint density at radius 3 is 2.73 bits per heavy atom. The summed E-state index contributed by atoms with van der Waals surface area (Å²) in [5.41, 5.74) is 0.305. The summed E-state index contributed by atoms with van der Waals surface area (Å²) in [5.74, 6) is -0.609. The number of hydrogen-bond acceptors (Lipinski definition) is 3. The molecule has 0 radical (unpaired) electrons. The van der Waals surface area contributed by atoms with Crippen molar-refractivity contribution in [1.29, 1.82) is 0 Å². The van der Waals surface area contributed by atoms with Crippen molar-refractivity contribution in [2.24, 2.45) is 5.92 Å². The van der Waals surface area contributed by atoms with Crippen LogP contribution in [0.3, 0.4) is 0 Å². The Morgan fingerprint density at radius 1 is 1.41 bits per heavy atom. The maximum absolute atomic E-state index is 13.2. The van der Waals surface area contributed by atoms with Crippen LogP contribution in [-0.2, 0) is 0 Å². The van der Waals surface area contributed by atoms with Crippen LogP contribution in [0.25, 0.3) is 0 Å². The van der Waals surface area contributed by atoms with E-state index in [2.05, 4.69) is 4.90 Å². The third-order valence-electron chi connectivity index (χ3n) is 4.26. The highest BCUT2D eigenvalue weighted by atomic mass is 35.5. The average molecular weight is 329 g/mol. The van der Waals surface area contributed by atoms with Gasteiger partial charge in [0.2, 0.25) is 0 Å². The lowest BCUT2D eigenvalue weighted by Gasteiger charge is -2.29. The molecule has 0 aliphatic carbocycles. The molecule has 1 fully saturated rings. The van der Waals surface area contributed by atoms with Crippen molar-refractivity contribution in [3.63, 3.8) is 0 Å². The summed E-state index contributed by atoms with van der Waals surface area (Å²) in [5, 5.41) is 9.60. The van der Waals surface area contributed by atoms with Gasteiger partial charge in [-0.15, -0.1) is 0 Å². The van der Waals surface area contributed by atoms with Crippen LogP contribution < -0.4 is 0 Å². The molecule has 2 atom stereocenters. The number of rotatable bonds is 3. The van der Waals surface area contributed by atoms with Crippen molar-refractivity contribution in [3.8, 4) is 0 Å². The van der Waals surface area contributed by atoms with Gasteiger partial charge in [0.15, 0.2) is 0 Å². The van der Waals surface area contributed by atoms with Crippen LogP contribution in [0, 0.1) is 11.7 Å². The molecular formula is C16H22ClFN2O2. The number of carbonyl (C=O) groups is 1. The minimum Gasteiger partial charge on any atom is -0.396 e. The van der Waals surface area contributed by atoms with Crippen LogP contribution in [0.5, 0.6) is 0 Å². The Morgan fingerprint density at radius 2 is 2.14 bits per heavy atom. The lowest BCUT2D eigenvalue weighted by atomic mass is 10.0. The van der Waals surface area contributed by atoms with Gasteiger partial charge in [0.05, 0.1) is 10.6 Å². The van der Waals surface area contributed by atoms with Crippen molar-refractivity contribution in [2.75, 3.05) is 33.8 Å². The molecule has 22 heavy (non-hydrogen) atoms. The fraction of sp³-hybridized carbons (Fsp3) is 0.562. The van der Waals surface area contributed by atoms with Crippen LogP contribution in [-0.4, -0.2) is 60.6 Å². The molecule has 1 aliphatic rings. The van der Waals surface area contributed by atoms with Crippen LogP contribution in [0.4, 0.5) is 4.39 Å². The van der Waals surface area contributed by atoms with Gasteiger partial charge in [-0.05, 0) is 51.1 Å². The summed E-state index contributed by atoms with van der Waals surface area (Å²) in [4.78, 5) is 16.5. The maximum atomic E-state index is 13.2. The molecule has 1 amide bonds. The zero-order valence-corrected chi connectivity index (χ0v) is 13.7. The fourth-order valence-corrected chi connectivity index (χ4v) is 3.07. The Balaban J connectivity index is 2.24. The van der Waals surface area contributed by atoms with Gasteiger partial charge in [0, 0.05) is 25.7 Å². The van der Waals surface area contributed by atoms with Crippen LogP contribution in [0.1, 0.15) is 23.2 Å². The highest BCUT2D eigenvalue weighted by Crippen LogP contribution is 2.24. The Labute approximate surface area is 135 Å². The SMILES string of the molecule is CN(C)[C@@H]1CC[C@H](CO)CN(C(=O)c2ccc(F)cc2Cl)C1. The molecular weight excluding hydrogens is 307 g/mol. The molecule has 0 bridgehead atoms. The molecule has 0 unspecified atom stereocenters. The first kappa shape index (κ1) is 17.2. The largest absolute Gasteiger partial charge is 0.396 e. The predicted molar refractivity (Wildman–Crippen MR) is 84.6 cm³/mol. The van der Waals surface area contributed by atoms with Gasteiger partial charge in [0.1, 0.15) is 5.82 Å². The molecule has 1 N–H and O–H groups in total. The molecule has 0 spiro atoms. The minimum atomic E-state index is -0.461. The van der Waals surface area contributed by atoms with Crippen molar-refractivity contribution in [2.45, 2.75) is 18.9 Å². The zero-order chi connectivity index (χ0) is 16.3. The number of benzene rings is 1. The summed E-state index contributed by atoms with van der Waals surface area (Å²) < 4.78 is 13.2. The second-order valence-corrected chi connectivity index (χ2v) is 6.48. The normalized spacial score (nSPS) is 22.7. The third-order valence-corrected chi connectivity index (χ3v) is 4.57. The van der Waals surface area contributed by atoms with E-state index >= 15 is 0 Å². The summed E-state index contributed by atoms with van der Waals surface area (Å²) in [7, 11) is 3.97. The zero-order valence-electron chi connectivity index (χ0n) is 12.9. The van der Waals surface area contributed by atoms with E-state index in [0.29, 0.717) is 18.7 Å². The monoisotopic (exact) mass is 328 g/mol. The van der Waals surface area contributed by atoms with E-state index in [-0.39, 0.29) is 29.5 Å². The van der Waals surface area contributed by atoms with Gasteiger partial charge >= 0.3 is 0 Å². The van der Waals surface area contributed by atoms with E-state index < -0.39 is 5.82 Å². The van der Waals surface area contributed by atoms with Crippen LogP contribution in [0.15, 0.2) is 18.2 Å². The topological polar surface area (TPSA) is 43.8 Å². The first-order chi connectivity index (χ1) is 10.4. The number of carbonyl (C=O) groups excluding carboxylic acids is 1. The fourth-order valence-electron chi connectivity index (χ4n) is 2.82. The molecule has 1 aromatic carbocycles. The number of likely N-dealkylation sites (N-methyl/N-ethyl adjacent to an activating group) is 1. The summed E-state index contributed by atoms with van der Waals surface area (Å²) in [6.07, 6.45) is 1.80. The van der Waals surface area contributed by atoms with Gasteiger partial charge < -0.3 is 14.9 Å². The summed E-state index contributed by atoms with van der Waals surface area (Å²) >= 11 is 6.01. The molecule has 0 saturated carbocycles. The first-order valence-corrected chi connectivity index (χ1v) is 7.81. The van der Waals surface area contributed by atoms with Crippen LogP contribution in [0.2, 0.25) is 5.02 Å². The molecule has 0 aromatic heterocycles. The maximum Gasteiger partial charge on any atom is 0.255 e. The van der Waals surface area contributed by atoms with Gasteiger partial charge in [0.25, 0.3) is 5.91 Å². The van der Waals surface area contributed by atoms with Gasteiger partial charge in [-0.2, -0.15) is 0 Å². The van der Waals surface area contributed by atoms with Gasteiger partial charge in [-0.25, -0.2) is 4.39 Å². The van der Waals surface area contributed by atoms with E-state index in [1.807, 2.05) is 14.1 Å². The second-order valence-electron chi connectivity index (χ2n) is 6.08. The van der Waals surface area contributed by atoms with E-state index in [1.165, 1.54) is 12.1 Å².